The van der Waals surface area contributed by atoms with E-state index in [0.29, 0.717) is 18.8 Å². The molecule has 8 nitrogen and oxygen atoms in total. The summed E-state index contributed by atoms with van der Waals surface area (Å²) in [6.07, 6.45) is 1.13. The van der Waals surface area contributed by atoms with Gasteiger partial charge in [-0.3, -0.25) is 19.6 Å². The number of carbonyl (C=O) groups is 1. The molecule has 0 aliphatic heterocycles. The average molecular weight is 227 g/mol. The molecule has 0 radical (unpaired) electrons. The molecule has 1 amide bonds. The van der Waals surface area contributed by atoms with E-state index in [4.69, 9.17) is 5.73 Å². The number of nitrogens with two attached hydrogens (primary N) is 1. The Labute approximate surface area is 91.6 Å². The van der Waals surface area contributed by atoms with Gasteiger partial charge in [-0.05, 0) is 6.92 Å². The number of aromatic nitrogens is 2. The molecule has 0 unspecified atom stereocenters. The summed E-state index contributed by atoms with van der Waals surface area (Å²) in [5.74, 6) is -0.272. The lowest BCUT2D eigenvalue weighted by molar-refractivity contribution is -0.385. The zero-order valence-electron chi connectivity index (χ0n) is 8.84. The zero-order valence-corrected chi connectivity index (χ0v) is 8.84. The fourth-order valence-electron chi connectivity index (χ4n) is 1.18. The summed E-state index contributed by atoms with van der Waals surface area (Å²) < 4.78 is 1.28. The van der Waals surface area contributed by atoms with Crippen LogP contribution in [0.3, 0.4) is 0 Å². The molecule has 1 aromatic rings. The van der Waals surface area contributed by atoms with Crippen molar-refractivity contribution in [1.82, 2.24) is 15.1 Å². The molecule has 0 aromatic carbocycles. The fraction of sp³-hybridized carbons (Fsp3) is 0.500. The maximum Gasteiger partial charge on any atom is 0.309 e. The highest BCUT2D eigenvalue weighted by Crippen LogP contribution is 2.15. The number of hydrogen-bond donors (Lipinski definition) is 2. The summed E-state index contributed by atoms with van der Waals surface area (Å²) >= 11 is 0. The van der Waals surface area contributed by atoms with E-state index in [1.807, 2.05) is 0 Å². The minimum atomic E-state index is -0.531. The first-order valence-electron chi connectivity index (χ1n) is 4.69. The first-order valence-corrected chi connectivity index (χ1v) is 4.69. The van der Waals surface area contributed by atoms with E-state index in [-0.39, 0.29) is 18.1 Å². The number of hydrogen-bond acceptors (Lipinski definition) is 5. The van der Waals surface area contributed by atoms with Gasteiger partial charge in [0.05, 0.1) is 4.92 Å². The maximum atomic E-state index is 11.3. The van der Waals surface area contributed by atoms with Gasteiger partial charge in [0.25, 0.3) is 0 Å². The third kappa shape index (κ3) is 2.76. The Bertz CT molecular complexity index is 400. The van der Waals surface area contributed by atoms with Crippen LogP contribution in [0.4, 0.5) is 5.69 Å². The second kappa shape index (κ2) is 5.21. The minimum Gasteiger partial charge on any atom is -0.353 e. The van der Waals surface area contributed by atoms with Crippen molar-refractivity contribution in [2.24, 2.45) is 5.73 Å². The molecule has 0 spiro atoms. The molecule has 0 atom stereocenters. The van der Waals surface area contributed by atoms with Crippen LogP contribution in [0.1, 0.15) is 5.69 Å². The number of amides is 1. The summed E-state index contributed by atoms with van der Waals surface area (Å²) in [4.78, 5) is 21.3. The normalized spacial score (nSPS) is 10.1. The lowest BCUT2D eigenvalue weighted by Gasteiger charge is -2.04. The summed E-state index contributed by atoms with van der Waals surface area (Å²) in [7, 11) is 0. The van der Waals surface area contributed by atoms with Gasteiger partial charge in [0.2, 0.25) is 5.91 Å². The van der Waals surface area contributed by atoms with Gasteiger partial charge >= 0.3 is 5.69 Å². The highest BCUT2D eigenvalue weighted by molar-refractivity contribution is 5.75. The van der Waals surface area contributed by atoms with Crippen LogP contribution in [0.25, 0.3) is 0 Å². The van der Waals surface area contributed by atoms with Crippen molar-refractivity contribution in [3.05, 3.63) is 22.0 Å². The summed E-state index contributed by atoms with van der Waals surface area (Å²) in [6, 6.07) is 0. The highest BCUT2D eigenvalue weighted by Gasteiger charge is 2.17. The van der Waals surface area contributed by atoms with Crippen molar-refractivity contribution in [2.75, 3.05) is 13.1 Å². The number of carbonyl (C=O) groups excluding carboxylic acids is 1. The Kier molecular flexibility index (Phi) is 3.95. The number of nitrogens with one attached hydrogen (secondary N) is 1. The van der Waals surface area contributed by atoms with Crippen LogP contribution in [0.2, 0.25) is 0 Å². The van der Waals surface area contributed by atoms with Crippen molar-refractivity contribution in [1.29, 1.82) is 0 Å². The van der Waals surface area contributed by atoms with Gasteiger partial charge in [-0.2, -0.15) is 5.10 Å². The van der Waals surface area contributed by atoms with Crippen molar-refractivity contribution < 1.29 is 9.72 Å². The average Bonchev–Trinajstić information content (AvgIpc) is 2.57. The predicted octanol–water partition coefficient (Wildman–Crippen LogP) is -0.825. The first kappa shape index (κ1) is 12.1. The van der Waals surface area contributed by atoms with Crippen LogP contribution in [-0.2, 0) is 11.3 Å². The van der Waals surface area contributed by atoms with E-state index >= 15 is 0 Å². The van der Waals surface area contributed by atoms with Crippen LogP contribution in [0.15, 0.2) is 6.20 Å². The molecule has 3 N–H and O–H groups in total. The molecule has 1 aromatic heterocycles. The monoisotopic (exact) mass is 227 g/mol. The lowest BCUT2D eigenvalue weighted by atomic mass is 10.4. The van der Waals surface area contributed by atoms with Crippen LogP contribution >= 0.6 is 0 Å². The standard InChI is InChI=1S/C8H13N5O3/c1-6-7(13(15)16)4-11-12(6)5-8(14)10-3-2-9/h4H,2-3,5,9H2,1H3,(H,10,14). The largest absolute Gasteiger partial charge is 0.353 e. The second-order valence-electron chi connectivity index (χ2n) is 3.17. The predicted molar refractivity (Wildman–Crippen MR) is 55.7 cm³/mol. The topological polar surface area (TPSA) is 116 Å². The summed E-state index contributed by atoms with van der Waals surface area (Å²) in [5.41, 5.74) is 5.48. The quantitative estimate of drug-likeness (QED) is 0.503. The van der Waals surface area contributed by atoms with Crippen LogP contribution < -0.4 is 11.1 Å². The summed E-state index contributed by atoms with van der Waals surface area (Å²) in [6.45, 7) is 2.23. The Hall–Kier alpha value is -1.96. The first-order chi connectivity index (χ1) is 7.56. The Balaban J connectivity index is 2.68. The van der Waals surface area contributed by atoms with Crippen LogP contribution in [0.5, 0.6) is 0 Å². The molecular formula is C8H13N5O3. The van der Waals surface area contributed by atoms with Gasteiger partial charge in [-0.25, -0.2) is 0 Å². The van der Waals surface area contributed by atoms with Crippen molar-refractivity contribution in [3.8, 4) is 0 Å². The van der Waals surface area contributed by atoms with E-state index < -0.39 is 4.92 Å². The van der Waals surface area contributed by atoms with Crippen molar-refractivity contribution >= 4 is 11.6 Å². The molecule has 1 heterocycles. The Morgan fingerprint density at radius 1 is 1.75 bits per heavy atom. The smallest absolute Gasteiger partial charge is 0.309 e. The molecule has 88 valence electrons. The SMILES string of the molecule is Cc1c([N+](=O)[O-])cnn1CC(=O)NCCN. The van der Waals surface area contributed by atoms with E-state index in [2.05, 4.69) is 10.4 Å². The second-order valence-corrected chi connectivity index (χ2v) is 3.17. The molecular weight excluding hydrogens is 214 g/mol. The molecule has 1 rings (SSSR count). The van der Waals surface area contributed by atoms with E-state index in [1.54, 1.807) is 6.92 Å². The van der Waals surface area contributed by atoms with Gasteiger partial charge in [0, 0.05) is 13.1 Å². The Morgan fingerprint density at radius 2 is 2.44 bits per heavy atom. The van der Waals surface area contributed by atoms with Gasteiger partial charge in [0.15, 0.2) is 0 Å². The molecule has 0 fully saturated rings. The molecule has 0 saturated carbocycles. The number of nitrogens with zero attached hydrogens (tertiary/aromatic N) is 3. The molecule has 16 heavy (non-hydrogen) atoms. The van der Waals surface area contributed by atoms with Crippen LogP contribution in [-0.4, -0.2) is 33.7 Å². The molecule has 8 heteroatoms. The fourth-order valence-corrected chi connectivity index (χ4v) is 1.18. The maximum absolute atomic E-state index is 11.3. The van der Waals surface area contributed by atoms with Gasteiger partial charge in [-0.15, -0.1) is 0 Å². The van der Waals surface area contributed by atoms with Crippen LogP contribution in [0, 0.1) is 17.0 Å². The van der Waals surface area contributed by atoms with E-state index in [0.717, 1.165) is 6.20 Å². The summed E-state index contributed by atoms with van der Waals surface area (Å²) in [5, 5.41) is 16.8. The minimum absolute atomic E-state index is 0.0420. The third-order valence-electron chi connectivity index (χ3n) is 2.03. The van der Waals surface area contributed by atoms with Gasteiger partial charge in [-0.1, -0.05) is 0 Å². The molecule has 0 saturated heterocycles. The van der Waals surface area contributed by atoms with E-state index in [9.17, 15) is 14.9 Å². The zero-order chi connectivity index (χ0) is 12.1. The molecule has 0 aliphatic rings. The van der Waals surface area contributed by atoms with Crippen molar-refractivity contribution in [2.45, 2.75) is 13.5 Å². The third-order valence-corrected chi connectivity index (χ3v) is 2.03. The number of rotatable bonds is 5. The lowest BCUT2D eigenvalue weighted by Crippen LogP contribution is -2.32. The molecule has 0 bridgehead atoms. The van der Waals surface area contributed by atoms with Gasteiger partial charge < -0.3 is 11.1 Å². The highest BCUT2D eigenvalue weighted by atomic mass is 16.6. The van der Waals surface area contributed by atoms with E-state index in [1.165, 1.54) is 4.68 Å². The molecule has 0 aliphatic carbocycles. The number of nitro groups is 1. The van der Waals surface area contributed by atoms with Crippen molar-refractivity contribution in [3.63, 3.8) is 0 Å². The van der Waals surface area contributed by atoms with Gasteiger partial charge in [0.1, 0.15) is 18.4 Å². The Morgan fingerprint density at radius 3 is 2.94 bits per heavy atom.